The summed E-state index contributed by atoms with van der Waals surface area (Å²) in [6, 6.07) is 12.3. The van der Waals surface area contributed by atoms with Crippen LogP contribution in [0.2, 0.25) is 0 Å². The zero-order valence-electron chi connectivity index (χ0n) is 15.7. The van der Waals surface area contributed by atoms with Crippen LogP contribution in [0, 0.1) is 6.92 Å². The maximum Gasteiger partial charge on any atom is 0.229 e. The molecule has 142 valence electrons. The van der Waals surface area contributed by atoms with Crippen molar-refractivity contribution in [3.05, 3.63) is 54.5 Å². The number of aryl methyl sites for hydroxylation is 2. The summed E-state index contributed by atoms with van der Waals surface area (Å²) < 4.78 is 2.05. The van der Waals surface area contributed by atoms with E-state index < -0.39 is 0 Å². The molecule has 0 bridgehead atoms. The Bertz CT molecular complexity index is 1170. The number of aromatic hydroxyl groups is 2. The van der Waals surface area contributed by atoms with Gasteiger partial charge in [-0.1, -0.05) is 0 Å². The summed E-state index contributed by atoms with van der Waals surface area (Å²) in [5, 5.41) is 22.1. The van der Waals surface area contributed by atoms with Crippen molar-refractivity contribution in [2.75, 3.05) is 17.3 Å². The molecule has 0 saturated carbocycles. The van der Waals surface area contributed by atoms with Gasteiger partial charge < -0.3 is 25.0 Å². The molecule has 2 aromatic heterocycles. The number of benzene rings is 2. The van der Waals surface area contributed by atoms with E-state index in [0.29, 0.717) is 17.5 Å². The van der Waals surface area contributed by atoms with Crippen molar-refractivity contribution < 1.29 is 10.2 Å². The van der Waals surface area contributed by atoms with E-state index >= 15 is 0 Å². The smallest absolute Gasteiger partial charge is 0.229 e. The molecule has 0 unspecified atom stereocenters. The average molecular weight is 376 g/mol. The van der Waals surface area contributed by atoms with Crippen LogP contribution in [0.4, 0.5) is 23.1 Å². The highest BCUT2D eigenvalue weighted by atomic mass is 16.3. The van der Waals surface area contributed by atoms with Crippen molar-refractivity contribution in [1.29, 1.82) is 0 Å². The summed E-state index contributed by atoms with van der Waals surface area (Å²) in [7, 11) is 3.92. The molecule has 0 spiro atoms. The predicted molar refractivity (Wildman–Crippen MR) is 109 cm³/mol. The first-order valence-corrected chi connectivity index (χ1v) is 8.71. The minimum absolute atomic E-state index is 0.180. The molecule has 0 aliphatic rings. The van der Waals surface area contributed by atoms with Gasteiger partial charge in [0.2, 0.25) is 5.95 Å². The lowest BCUT2D eigenvalue weighted by Crippen LogP contribution is -2.12. The minimum atomic E-state index is -0.211. The molecule has 0 radical (unpaired) electrons. The summed E-state index contributed by atoms with van der Waals surface area (Å²) in [6.45, 7) is 1.98. The molecule has 0 aliphatic carbocycles. The number of phenolic OH excluding ortho intramolecular Hbond substituents is 2. The van der Waals surface area contributed by atoms with Gasteiger partial charge in [-0.3, -0.25) is 0 Å². The molecule has 4 aromatic rings. The normalized spacial score (nSPS) is 11.0. The molecule has 0 amide bonds. The number of hydrogen-bond donors (Lipinski definition) is 3. The quantitative estimate of drug-likeness (QED) is 0.370. The number of hydrogen-bond acceptors (Lipinski definition) is 7. The molecule has 0 aliphatic heterocycles. The lowest BCUT2D eigenvalue weighted by Gasteiger charge is -2.19. The number of aromatic nitrogens is 4. The van der Waals surface area contributed by atoms with E-state index in [1.165, 1.54) is 12.1 Å². The van der Waals surface area contributed by atoms with Crippen LogP contribution in [-0.4, -0.2) is 36.8 Å². The van der Waals surface area contributed by atoms with Crippen molar-refractivity contribution in [3.8, 4) is 11.5 Å². The van der Waals surface area contributed by atoms with Gasteiger partial charge in [0.05, 0.1) is 11.0 Å². The van der Waals surface area contributed by atoms with Gasteiger partial charge in [-0.05, 0) is 43.3 Å². The summed E-state index contributed by atoms with van der Waals surface area (Å²) in [5.41, 5.74) is 3.53. The fourth-order valence-corrected chi connectivity index (χ4v) is 2.98. The number of fused-ring (bicyclic) bond motifs is 1. The van der Waals surface area contributed by atoms with E-state index in [-0.39, 0.29) is 11.5 Å². The lowest BCUT2D eigenvalue weighted by molar-refractivity contribution is 0.404. The number of nitrogens with zero attached hydrogens (tertiary/aromatic N) is 5. The molecule has 2 aromatic carbocycles. The van der Waals surface area contributed by atoms with Gasteiger partial charge in [-0.25, -0.2) is 9.97 Å². The van der Waals surface area contributed by atoms with E-state index in [9.17, 15) is 10.2 Å². The van der Waals surface area contributed by atoms with Crippen LogP contribution >= 0.6 is 0 Å². The molecule has 28 heavy (non-hydrogen) atoms. The van der Waals surface area contributed by atoms with Crippen LogP contribution in [0.5, 0.6) is 11.5 Å². The molecule has 4 rings (SSSR count). The third-order valence-electron chi connectivity index (χ3n) is 4.69. The van der Waals surface area contributed by atoms with Gasteiger partial charge in [0.1, 0.15) is 11.6 Å². The van der Waals surface area contributed by atoms with Crippen molar-refractivity contribution in [2.45, 2.75) is 6.92 Å². The Labute approximate surface area is 161 Å². The highest BCUT2D eigenvalue weighted by molar-refractivity contribution is 5.81. The average Bonchev–Trinajstić information content (AvgIpc) is 2.98. The van der Waals surface area contributed by atoms with Crippen molar-refractivity contribution in [1.82, 2.24) is 19.5 Å². The van der Waals surface area contributed by atoms with Crippen LogP contribution in [0.3, 0.4) is 0 Å². The maximum absolute atomic E-state index is 9.63. The Morgan fingerprint density at radius 3 is 2.61 bits per heavy atom. The molecule has 0 saturated heterocycles. The molecular weight excluding hydrogens is 356 g/mol. The van der Waals surface area contributed by atoms with Gasteiger partial charge in [-0.2, -0.15) is 4.98 Å². The van der Waals surface area contributed by atoms with Crippen LogP contribution in [0.25, 0.3) is 11.0 Å². The Kier molecular flexibility index (Phi) is 4.23. The summed E-state index contributed by atoms with van der Waals surface area (Å²) in [5.74, 6) is 1.65. The topological polar surface area (TPSA) is 99.3 Å². The van der Waals surface area contributed by atoms with Crippen LogP contribution in [0.15, 0.2) is 48.7 Å². The second kappa shape index (κ2) is 6.73. The van der Waals surface area contributed by atoms with Gasteiger partial charge >= 0.3 is 0 Å². The summed E-state index contributed by atoms with van der Waals surface area (Å²) in [4.78, 5) is 15.3. The molecule has 3 N–H and O–H groups in total. The monoisotopic (exact) mass is 376 g/mol. The van der Waals surface area contributed by atoms with Crippen LogP contribution < -0.4 is 10.2 Å². The minimum Gasteiger partial charge on any atom is -0.504 e. The van der Waals surface area contributed by atoms with E-state index in [2.05, 4.69) is 24.8 Å². The molecule has 2 heterocycles. The first-order chi connectivity index (χ1) is 13.4. The highest BCUT2D eigenvalue weighted by Crippen LogP contribution is 2.29. The Morgan fingerprint density at radius 2 is 1.82 bits per heavy atom. The fourth-order valence-electron chi connectivity index (χ4n) is 2.98. The summed E-state index contributed by atoms with van der Waals surface area (Å²) >= 11 is 0. The van der Waals surface area contributed by atoms with Gasteiger partial charge in [0, 0.05) is 37.7 Å². The second-order valence-corrected chi connectivity index (χ2v) is 6.52. The van der Waals surface area contributed by atoms with Crippen molar-refractivity contribution >= 4 is 34.2 Å². The standard InChI is InChI=1S/C20H20N6O2/c1-12-22-15-11-14(5-6-16(15)25(12)2)26(3)19-8-9-21-20(24-19)23-13-4-7-17(27)18(28)10-13/h4-11,27-28H,1-3H3,(H,21,23,24). The van der Waals surface area contributed by atoms with Crippen molar-refractivity contribution in [3.63, 3.8) is 0 Å². The number of nitrogens with one attached hydrogen (secondary N) is 1. The van der Waals surface area contributed by atoms with E-state index in [1.54, 1.807) is 12.3 Å². The summed E-state index contributed by atoms with van der Waals surface area (Å²) in [6.07, 6.45) is 1.66. The van der Waals surface area contributed by atoms with E-state index in [4.69, 9.17) is 0 Å². The Hall–Kier alpha value is -3.81. The molecule has 8 heteroatoms. The highest BCUT2D eigenvalue weighted by Gasteiger charge is 2.11. The fraction of sp³-hybridized carbons (Fsp3) is 0.150. The number of anilines is 4. The van der Waals surface area contributed by atoms with E-state index in [0.717, 1.165) is 22.5 Å². The third kappa shape index (κ3) is 3.16. The zero-order valence-corrected chi connectivity index (χ0v) is 15.7. The number of rotatable bonds is 4. The zero-order chi connectivity index (χ0) is 19.8. The maximum atomic E-state index is 9.63. The molecular formula is C20H20N6O2. The third-order valence-corrected chi connectivity index (χ3v) is 4.69. The van der Waals surface area contributed by atoms with E-state index in [1.807, 2.05) is 50.2 Å². The Morgan fingerprint density at radius 1 is 1.00 bits per heavy atom. The Balaban J connectivity index is 1.62. The molecule has 0 atom stereocenters. The van der Waals surface area contributed by atoms with Crippen LogP contribution in [0.1, 0.15) is 5.82 Å². The first-order valence-electron chi connectivity index (χ1n) is 8.71. The molecule has 8 nitrogen and oxygen atoms in total. The van der Waals surface area contributed by atoms with Gasteiger partial charge in [0.15, 0.2) is 11.5 Å². The molecule has 0 fully saturated rings. The van der Waals surface area contributed by atoms with Crippen LogP contribution in [-0.2, 0) is 7.05 Å². The largest absolute Gasteiger partial charge is 0.504 e. The first kappa shape index (κ1) is 17.6. The number of imidazole rings is 1. The van der Waals surface area contributed by atoms with Gasteiger partial charge in [-0.15, -0.1) is 0 Å². The number of phenols is 2. The predicted octanol–water partition coefficient (Wildman–Crippen LogP) is 3.59. The SMILES string of the molecule is Cc1nc2cc(N(C)c3ccnc(Nc4ccc(O)c(O)c4)n3)ccc2n1C. The second-order valence-electron chi connectivity index (χ2n) is 6.52. The lowest BCUT2D eigenvalue weighted by atomic mass is 10.2. The van der Waals surface area contributed by atoms with Gasteiger partial charge in [0.25, 0.3) is 0 Å². The van der Waals surface area contributed by atoms with Crippen molar-refractivity contribution in [2.24, 2.45) is 7.05 Å².